The van der Waals surface area contributed by atoms with Gasteiger partial charge in [-0.2, -0.15) is 0 Å². The number of nitrogens with zero attached hydrogens (tertiary/aromatic N) is 2. The molecule has 1 aromatic heterocycles. The first-order valence-corrected chi connectivity index (χ1v) is 9.09. The number of thiazole rings is 1. The number of rotatable bonds is 5. The standard InChI is InChI=1S/C20H22N2O2S/c1-13-8-7-10-17(14(13)2)24-12-19(23)22(4)15(3)20-21-16-9-5-6-11-18(16)25-20/h5-11,15H,12H2,1-4H3/t15-/m1/s1. The number of ether oxygens (including phenoxy) is 1. The van der Waals surface area contributed by atoms with Crippen molar-refractivity contribution in [2.45, 2.75) is 26.8 Å². The molecule has 1 atom stereocenters. The fourth-order valence-electron chi connectivity index (χ4n) is 2.57. The van der Waals surface area contributed by atoms with E-state index in [0.717, 1.165) is 32.1 Å². The molecular formula is C20H22N2O2S. The normalized spacial score (nSPS) is 12.2. The van der Waals surface area contributed by atoms with Crippen LogP contribution >= 0.6 is 11.3 Å². The molecule has 1 heterocycles. The molecule has 0 aliphatic carbocycles. The topological polar surface area (TPSA) is 42.4 Å². The monoisotopic (exact) mass is 354 g/mol. The molecule has 3 aromatic rings. The van der Waals surface area contributed by atoms with Crippen LogP contribution in [0.2, 0.25) is 0 Å². The zero-order chi connectivity index (χ0) is 18.0. The molecule has 25 heavy (non-hydrogen) atoms. The lowest BCUT2D eigenvalue weighted by molar-refractivity contribution is -0.134. The van der Waals surface area contributed by atoms with Crippen LogP contribution < -0.4 is 4.74 Å². The van der Waals surface area contributed by atoms with Crippen molar-refractivity contribution in [3.8, 4) is 5.75 Å². The average Bonchev–Trinajstić information content (AvgIpc) is 3.05. The van der Waals surface area contributed by atoms with E-state index >= 15 is 0 Å². The van der Waals surface area contributed by atoms with Gasteiger partial charge in [0, 0.05) is 7.05 Å². The molecule has 130 valence electrons. The van der Waals surface area contributed by atoms with Gasteiger partial charge in [0.2, 0.25) is 0 Å². The molecule has 0 aliphatic rings. The highest BCUT2D eigenvalue weighted by Gasteiger charge is 2.21. The van der Waals surface area contributed by atoms with Crippen molar-refractivity contribution >= 4 is 27.5 Å². The minimum atomic E-state index is -0.0906. The maximum Gasteiger partial charge on any atom is 0.260 e. The van der Waals surface area contributed by atoms with Gasteiger partial charge in [-0.3, -0.25) is 4.79 Å². The lowest BCUT2D eigenvalue weighted by atomic mass is 10.1. The van der Waals surface area contributed by atoms with Gasteiger partial charge in [0.1, 0.15) is 10.8 Å². The van der Waals surface area contributed by atoms with Gasteiger partial charge in [-0.1, -0.05) is 24.3 Å². The van der Waals surface area contributed by atoms with E-state index in [1.807, 2.05) is 57.2 Å². The molecule has 0 N–H and O–H groups in total. The quantitative estimate of drug-likeness (QED) is 0.677. The van der Waals surface area contributed by atoms with Gasteiger partial charge in [0.15, 0.2) is 6.61 Å². The number of carbonyl (C=O) groups is 1. The predicted octanol–water partition coefficient (Wildman–Crippen LogP) is 4.51. The first-order chi connectivity index (χ1) is 12.0. The Balaban J connectivity index is 1.68. The third-order valence-electron chi connectivity index (χ3n) is 4.55. The summed E-state index contributed by atoms with van der Waals surface area (Å²) >= 11 is 1.62. The summed E-state index contributed by atoms with van der Waals surface area (Å²) < 4.78 is 6.87. The van der Waals surface area contributed by atoms with E-state index < -0.39 is 0 Å². The number of para-hydroxylation sites is 1. The summed E-state index contributed by atoms with van der Waals surface area (Å²) in [6, 6.07) is 13.8. The third-order valence-corrected chi connectivity index (χ3v) is 5.75. The van der Waals surface area contributed by atoms with E-state index in [9.17, 15) is 4.79 Å². The van der Waals surface area contributed by atoms with Crippen molar-refractivity contribution in [3.05, 3.63) is 58.6 Å². The number of aryl methyl sites for hydroxylation is 1. The van der Waals surface area contributed by atoms with Crippen molar-refractivity contribution in [1.82, 2.24) is 9.88 Å². The van der Waals surface area contributed by atoms with E-state index in [0.29, 0.717) is 0 Å². The van der Waals surface area contributed by atoms with E-state index in [1.165, 1.54) is 0 Å². The molecule has 4 nitrogen and oxygen atoms in total. The number of benzene rings is 2. The van der Waals surface area contributed by atoms with Crippen LogP contribution in [0.1, 0.15) is 29.1 Å². The molecule has 0 saturated carbocycles. The summed E-state index contributed by atoms with van der Waals surface area (Å²) in [5, 5.41) is 0.934. The fraction of sp³-hybridized carbons (Fsp3) is 0.300. The summed E-state index contributed by atoms with van der Waals surface area (Å²) in [5.74, 6) is 0.696. The highest BCUT2D eigenvalue weighted by molar-refractivity contribution is 7.18. The molecular weight excluding hydrogens is 332 g/mol. The number of carbonyl (C=O) groups excluding carboxylic acids is 1. The van der Waals surface area contributed by atoms with E-state index in [2.05, 4.69) is 11.1 Å². The highest BCUT2D eigenvalue weighted by Crippen LogP contribution is 2.29. The van der Waals surface area contributed by atoms with Gasteiger partial charge in [-0.25, -0.2) is 4.98 Å². The second kappa shape index (κ2) is 7.23. The predicted molar refractivity (Wildman–Crippen MR) is 102 cm³/mol. The maximum absolute atomic E-state index is 12.5. The second-order valence-electron chi connectivity index (χ2n) is 6.19. The zero-order valence-corrected chi connectivity index (χ0v) is 15.8. The van der Waals surface area contributed by atoms with Crippen LogP contribution in [0.25, 0.3) is 10.2 Å². The minimum Gasteiger partial charge on any atom is -0.483 e. The van der Waals surface area contributed by atoms with E-state index in [1.54, 1.807) is 23.3 Å². The molecule has 3 rings (SSSR count). The Morgan fingerprint density at radius 1 is 1.20 bits per heavy atom. The van der Waals surface area contributed by atoms with E-state index in [-0.39, 0.29) is 18.6 Å². The lowest BCUT2D eigenvalue weighted by Crippen LogP contribution is -2.33. The Labute approximate surface area is 152 Å². The summed E-state index contributed by atoms with van der Waals surface area (Å²) in [7, 11) is 1.80. The Bertz CT molecular complexity index is 871. The van der Waals surface area contributed by atoms with Gasteiger partial charge in [0.05, 0.1) is 16.3 Å². The smallest absolute Gasteiger partial charge is 0.260 e. The molecule has 1 amide bonds. The number of hydrogen-bond acceptors (Lipinski definition) is 4. The van der Waals surface area contributed by atoms with Crippen molar-refractivity contribution in [2.24, 2.45) is 0 Å². The summed E-state index contributed by atoms with van der Waals surface area (Å²) in [6.45, 7) is 6.05. The Hall–Kier alpha value is -2.40. The molecule has 0 fully saturated rings. The van der Waals surface area contributed by atoms with Crippen LogP contribution in [0, 0.1) is 13.8 Å². The number of amides is 1. The third kappa shape index (κ3) is 3.66. The summed E-state index contributed by atoms with van der Waals surface area (Å²) in [4.78, 5) is 18.9. The van der Waals surface area contributed by atoms with Crippen LogP contribution in [0.3, 0.4) is 0 Å². The average molecular weight is 354 g/mol. The Kier molecular flexibility index (Phi) is 5.04. The first kappa shape index (κ1) is 17.4. The number of fused-ring (bicyclic) bond motifs is 1. The van der Waals surface area contributed by atoms with Crippen molar-refractivity contribution in [2.75, 3.05) is 13.7 Å². The SMILES string of the molecule is Cc1cccc(OCC(=O)N(C)[C@H](C)c2nc3ccccc3s2)c1C. The number of hydrogen-bond donors (Lipinski definition) is 0. The van der Waals surface area contributed by atoms with E-state index in [4.69, 9.17) is 4.74 Å². The first-order valence-electron chi connectivity index (χ1n) is 8.27. The van der Waals surface area contributed by atoms with Crippen LogP contribution in [0.5, 0.6) is 5.75 Å². The Morgan fingerprint density at radius 3 is 2.72 bits per heavy atom. The molecule has 5 heteroatoms. The molecule has 0 aliphatic heterocycles. The van der Waals surface area contributed by atoms with Crippen LogP contribution in [0.4, 0.5) is 0 Å². The highest BCUT2D eigenvalue weighted by atomic mass is 32.1. The van der Waals surface area contributed by atoms with Gasteiger partial charge in [-0.05, 0) is 50.1 Å². The van der Waals surface area contributed by atoms with Gasteiger partial charge >= 0.3 is 0 Å². The lowest BCUT2D eigenvalue weighted by Gasteiger charge is -2.23. The Morgan fingerprint density at radius 2 is 1.96 bits per heavy atom. The van der Waals surface area contributed by atoms with Crippen molar-refractivity contribution < 1.29 is 9.53 Å². The van der Waals surface area contributed by atoms with Crippen LogP contribution in [-0.2, 0) is 4.79 Å². The number of aromatic nitrogens is 1. The van der Waals surface area contributed by atoms with Crippen LogP contribution in [0.15, 0.2) is 42.5 Å². The summed E-state index contributed by atoms with van der Waals surface area (Å²) in [6.07, 6.45) is 0. The minimum absolute atomic E-state index is 0.0238. The van der Waals surface area contributed by atoms with Gasteiger partial charge in [0.25, 0.3) is 5.91 Å². The molecule has 0 radical (unpaired) electrons. The van der Waals surface area contributed by atoms with Crippen LogP contribution in [-0.4, -0.2) is 29.4 Å². The molecule has 0 bridgehead atoms. The molecule has 2 aromatic carbocycles. The van der Waals surface area contributed by atoms with Gasteiger partial charge < -0.3 is 9.64 Å². The second-order valence-corrected chi connectivity index (χ2v) is 7.25. The fourth-order valence-corrected chi connectivity index (χ4v) is 3.64. The molecule has 0 saturated heterocycles. The number of likely N-dealkylation sites (N-methyl/N-ethyl adjacent to an activating group) is 1. The molecule has 0 unspecified atom stereocenters. The zero-order valence-electron chi connectivity index (χ0n) is 14.9. The van der Waals surface area contributed by atoms with Crippen molar-refractivity contribution in [3.63, 3.8) is 0 Å². The van der Waals surface area contributed by atoms with Gasteiger partial charge in [-0.15, -0.1) is 11.3 Å². The maximum atomic E-state index is 12.5. The largest absolute Gasteiger partial charge is 0.483 e. The van der Waals surface area contributed by atoms with Crippen molar-refractivity contribution in [1.29, 1.82) is 0 Å². The summed E-state index contributed by atoms with van der Waals surface area (Å²) in [5.41, 5.74) is 3.19. The molecule has 0 spiro atoms.